The molecule has 1 saturated heterocycles. The summed E-state index contributed by atoms with van der Waals surface area (Å²) in [5.74, 6) is -3.46. The molecule has 7 rings (SSSR count). The molecular formula is C32H34Cl3F2N3O2. The molecule has 1 aromatic heterocycles. The summed E-state index contributed by atoms with van der Waals surface area (Å²) in [5.41, 5.74) is 4.44. The van der Waals surface area contributed by atoms with E-state index in [0.717, 1.165) is 65.1 Å². The Labute approximate surface area is 263 Å². The van der Waals surface area contributed by atoms with Gasteiger partial charge in [0, 0.05) is 44.3 Å². The van der Waals surface area contributed by atoms with E-state index in [1.165, 1.54) is 0 Å². The normalized spacial score (nSPS) is 23.0. The molecule has 3 aliphatic rings. The van der Waals surface area contributed by atoms with E-state index in [1.54, 1.807) is 6.20 Å². The number of aliphatic hydroxyl groups is 1. The number of piperazine rings is 1. The Morgan fingerprint density at radius 1 is 0.786 bits per heavy atom. The predicted octanol–water partition coefficient (Wildman–Crippen LogP) is 6.48. The Morgan fingerprint density at radius 3 is 2.00 bits per heavy atom. The first kappa shape index (κ1) is 32.4. The summed E-state index contributed by atoms with van der Waals surface area (Å²) in [6, 6.07) is 25.1. The van der Waals surface area contributed by atoms with Crippen LogP contribution in [0.2, 0.25) is 0 Å². The van der Waals surface area contributed by atoms with Gasteiger partial charge in [0.2, 0.25) is 0 Å². The van der Waals surface area contributed by atoms with Gasteiger partial charge in [0.05, 0.1) is 23.4 Å². The van der Waals surface area contributed by atoms with Gasteiger partial charge in [-0.15, -0.1) is 37.2 Å². The van der Waals surface area contributed by atoms with Crippen LogP contribution in [-0.2, 0) is 0 Å². The van der Waals surface area contributed by atoms with Crippen LogP contribution in [0, 0.1) is 0 Å². The van der Waals surface area contributed by atoms with E-state index in [4.69, 9.17) is 4.74 Å². The van der Waals surface area contributed by atoms with Crippen molar-refractivity contribution in [1.29, 1.82) is 0 Å². The lowest BCUT2D eigenvalue weighted by Gasteiger charge is -2.41. The molecule has 5 nitrogen and oxygen atoms in total. The monoisotopic (exact) mass is 635 g/mol. The third-order valence-electron chi connectivity index (χ3n) is 8.58. The number of nitrogens with zero attached hydrogens (tertiary/aromatic N) is 3. The van der Waals surface area contributed by atoms with Crippen molar-refractivity contribution in [2.75, 3.05) is 39.3 Å². The number of halogens is 5. The first-order valence-electron chi connectivity index (χ1n) is 13.7. The zero-order chi connectivity index (χ0) is 26.6. The summed E-state index contributed by atoms with van der Waals surface area (Å²) in [6.45, 7) is 3.89. The van der Waals surface area contributed by atoms with Crippen LogP contribution < -0.4 is 4.74 Å². The molecule has 0 bridgehead atoms. The summed E-state index contributed by atoms with van der Waals surface area (Å²) >= 11 is 0. The van der Waals surface area contributed by atoms with E-state index in [2.05, 4.69) is 14.8 Å². The molecule has 224 valence electrons. The van der Waals surface area contributed by atoms with Crippen LogP contribution in [0.25, 0.3) is 10.9 Å². The molecule has 1 N–H and O–H groups in total. The van der Waals surface area contributed by atoms with E-state index in [-0.39, 0.29) is 49.9 Å². The SMILES string of the molecule is Cl.Cl.Cl.OC(COc1cccc2ncccc12)CN1CCN(C2c3ccccc3C3C(c4ccccc42)C3(F)F)CC1. The first-order chi connectivity index (χ1) is 19.0. The third-order valence-corrected chi connectivity index (χ3v) is 8.58. The molecule has 0 radical (unpaired) electrons. The topological polar surface area (TPSA) is 48.8 Å². The van der Waals surface area contributed by atoms with Crippen LogP contribution in [0.3, 0.4) is 0 Å². The van der Waals surface area contributed by atoms with Crippen LogP contribution in [0.5, 0.6) is 5.75 Å². The number of fused-ring (bicyclic) bond motifs is 6. The maximum atomic E-state index is 15.0. The number of hydrogen-bond donors (Lipinski definition) is 1. The van der Waals surface area contributed by atoms with Crippen LogP contribution in [0.1, 0.15) is 40.1 Å². The summed E-state index contributed by atoms with van der Waals surface area (Å²) in [6.07, 6.45) is 1.13. The Bertz CT molecular complexity index is 1460. The van der Waals surface area contributed by atoms with Crippen molar-refractivity contribution in [3.8, 4) is 5.75 Å². The fourth-order valence-corrected chi connectivity index (χ4v) is 6.69. The lowest BCUT2D eigenvalue weighted by Crippen LogP contribution is -2.50. The van der Waals surface area contributed by atoms with E-state index in [1.807, 2.05) is 78.9 Å². The lowest BCUT2D eigenvalue weighted by molar-refractivity contribution is 0.0400. The van der Waals surface area contributed by atoms with E-state index in [0.29, 0.717) is 6.54 Å². The molecule has 0 spiro atoms. The Balaban J connectivity index is 0.00000135. The molecule has 0 amide bonds. The number of rotatable bonds is 6. The van der Waals surface area contributed by atoms with Gasteiger partial charge in [-0.2, -0.15) is 0 Å². The number of ether oxygens (including phenoxy) is 1. The van der Waals surface area contributed by atoms with Crippen LogP contribution in [-0.4, -0.2) is 71.2 Å². The van der Waals surface area contributed by atoms with Gasteiger partial charge in [-0.25, -0.2) is 8.78 Å². The second-order valence-corrected chi connectivity index (χ2v) is 10.9. The van der Waals surface area contributed by atoms with Gasteiger partial charge in [-0.05, 0) is 46.5 Å². The number of hydrogen-bond acceptors (Lipinski definition) is 5. The lowest BCUT2D eigenvalue weighted by atomic mass is 9.90. The molecule has 2 aliphatic carbocycles. The van der Waals surface area contributed by atoms with E-state index >= 15 is 0 Å². The van der Waals surface area contributed by atoms with Crippen LogP contribution >= 0.6 is 37.2 Å². The van der Waals surface area contributed by atoms with Gasteiger partial charge >= 0.3 is 0 Å². The van der Waals surface area contributed by atoms with Gasteiger partial charge in [0.15, 0.2) is 0 Å². The summed E-state index contributed by atoms with van der Waals surface area (Å²) < 4.78 is 35.9. The molecule has 1 saturated carbocycles. The quantitative estimate of drug-likeness (QED) is 0.263. The average Bonchev–Trinajstić information content (AvgIpc) is 3.58. The van der Waals surface area contributed by atoms with Crippen LogP contribution in [0.15, 0.2) is 85.1 Å². The minimum absolute atomic E-state index is 0. The second kappa shape index (κ2) is 13.0. The van der Waals surface area contributed by atoms with Gasteiger partial charge < -0.3 is 9.84 Å². The van der Waals surface area contributed by atoms with Gasteiger partial charge in [0.1, 0.15) is 18.5 Å². The summed E-state index contributed by atoms with van der Waals surface area (Å²) in [4.78, 5) is 9.04. The Hall–Kier alpha value is -2.52. The second-order valence-electron chi connectivity index (χ2n) is 10.9. The molecule has 4 aromatic rings. The van der Waals surface area contributed by atoms with E-state index in [9.17, 15) is 13.9 Å². The minimum atomic E-state index is -2.70. The number of pyridine rings is 1. The first-order valence-corrected chi connectivity index (χ1v) is 13.7. The third kappa shape index (κ3) is 5.71. The van der Waals surface area contributed by atoms with Crippen LogP contribution in [0.4, 0.5) is 8.78 Å². The van der Waals surface area contributed by atoms with Crippen molar-refractivity contribution in [3.05, 3.63) is 107 Å². The number of aromatic nitrogens is 1. The van der Waals surface area contributed by atoms with E-state index < -0.39 is 23.9 Å². The van der Waals surface area contributed by atoms with Gasteiger partial charge in [-0.1, -0.05) is 54.6 Å². The largest absolute Gasteiger partial charge is 0.490 e. The fraction of sp³-hybridized carbons (Fsp3) is 0.344. The summed E-state index contributed by atoms with van der Waals surface area (Å²) in [7, 11) is 0. The van der Waals surface area contributed by atoms with Crippen molar-refractivity contribution in [2.45, 2.75) is 29.9 Å². The van der Waals surface area contributed by atoms with Gasteiger partial charge in [-0.3, -0.25) is 14.8 Å². The number of alkyl halides is 2. The predicted molar refractivity (Wildman–Crippen MR) is 168 cm³/mol. The molecular weight excluding hydrogens is 603 g/mol. The number of aliphatic hydroxyl groups excluding tert-OH is 1. The van der Waals surface area contributed by atoms with Crippen molar-refractivity contribution in [3.63, 3.8) is 0 Å². The van der Waals surface area contributed by atoms with Crippen molar-refractivity contribution < 1.29 is 18.6 Å². The molecule has 3 atom stereocenters. The highest BCUT2D eigenvalue weighted by atomic mass is 35.5. The summed E-state index contributed by atoms with van der Waals surface area (Å²) in [5, 5.41) is 11.7. The highest BCUT2D eigenvalue weighted by Crippen LogP contribution is 2.70. The fourth-order valence-electron chi connectivity index (χ4n) is 6.69. The maximum absolute atomic E-state index is 15.0. The minimum Gasteiger partial charge on any atom is -0.490 e. The molecule has 3 aromatic carbocycles. The maximum Gasteiger partial charge on any atom is 0.263 e. The zero-order valence-electron chi connectivity index (χ0n) is 22.8. The molecule has 1 aliphatic heterocycles. The molecule has 2 heterocycles. The smallest absolute Gasteiger partial charge is 0.263 e. The molecule has 3 unspecified atom stereocenters. The molecule has 42 heavy (non-hydrogen) atoms. The van der Waals surface area contributed by atoms with Gasteiger partial charge in [0.25, 0.3) is 5.92 Å². The average molecular weight is 637 g/mol. The zero-order valence-corrected chi connectivity index (χ0v) is 25.3. The number of β-amino-alcohol motifs (C(OH)–C–C–N with tert-alkyl or cyclic N) is 1. The molecule has 10 heteroatoms. The standard InChI is InChI=1S/C32H31F2N3O2.3ClH/c33-32(34)29-22-7-1-3-9-24(22)31(25-10-4-2-8-23(25)30(29)32)37-17-15-36(16-18-37)19-21(38)20-39-28-13-5-12-27-26(28)11-6-14-35-27;;;/h1-14,21,29-31,38H,15-20H2;3*1H. The Kier molecular flexibility index (Phi) is 10.0. The van der Waals surface area contributed by atoms with Crippen molar-refractivity contribution in [1.82, 2.24) is 14.8 Å². The molecule has 2 fully saturated rings. The highest BCUT2D eigenvalue weighted by molar-refractivity contribution is 5.86. The van der Waals surface area contributed by atoms with Crippen molar-refractivity contribution >= 4 is 48.1 Å². The number of benzene rings is 3. The Morgan fingerprint density at radius 2 is 1.38 bits per heavy atom. The van der Waals surface area contributed by atoms with Crippen molar-refractivity contribution in [2.24, 2.45) is 0 Å². The highest BCUT2D eigenvalue weighted by Gasteiger charge is 2.71.